The zero-order chi connectivity index (χ0) is 22.0. The van der Waals surface area contributed by atoms with Gasteiger partial charge in [0, 0.05) is 11.5 Å². The van der Waals surface area contributed by atoms with Gasteiger partial charge in [-0.25, -0.2) is 14.8 Å². The Morgan fingerprint density at radius 3 is 2.77 bits per heavy atom. The molecule has 1 aromatic carbocycles. The third-order valence-electron chi connectivity index (χ3n) is 4.95. The number of hydrogen-bond donors (Lipinski definition) is 2. The highest BCUT2D eigenvalue weighted by Crippen LogP contribution is 2.40. The standard InChI is InChI=1S/C21H20F3N3O4/c22-21(23,24)11-31-18-14(12-6-8-30-9-7-12)2-1-3-15(18)27-19-17(20(28)29)26-16(10-25-19)13-4-5-13/h1-3,6,10,13H,4-5,7-9,11H2,(H,25,27)(H,28,29). The number of aromatic carboxylic acids is 1. The minimum Gasteiger partial charge on any atom is -0.481 e. The van der Waals surface area contributed by atoms with E-state index in [0.29, 0.717) is 30.9 Å². The molecule has 1 aromatic heterocycles. The highest BCUT2D eigenvalue weighted by molar-refractivity contribution is 5.92. The molecule has 2 N–H and O–H groups in total. The van der Waals surface area contributed by atoms with Crippen LogP contribution in [0.25, 0.3) is 5.57 Å². The highest BCUT2D eigenvalue weighted by atomic mass is 19.4. The molecule has 0 bridgehead atoms. The number of carboxylic acids is 1. The third kappa shape index (κ3) is 5.13. The molecule has 7 nitrogen and oxygen atoms in total. The van der Waals surface area contributed by atoms with Crippen LogP contribution in [0.5, 0.6) is 5.75 Å². The Labute approximate surface area is 175 Å². The van der Waals surface area contributed by atoms with Crippen LogP contribution < -0.4 is 10.1 Å². The Morgan fingerprint density at radius 2 is 2.13 bits per heavy atom. The van der Waals surface area contributed by atoms with Crippen LogP contribution in [-0.4, -0.2) is 47.0 Å². The van der Waals surface area contributed by atoms with Crippen molar-refractivity contribution in [2.45, 2.75) is 31.4 Å². The first-order valence-electron chi connectivity index (χ1n) is 9.79. The Bertz CT molecular complexity index is 1020. The molecular weight excluding hydrogens is 415 g/mol. The molecule has 0 spiro atoms. The summed E-state index contributed by atoms with van der Waals surface area (Å²) in [5.41, 5.74) is 1.75. The van der Waals surface area contributed by atoms with E-state index >= 15 is 0 Å². The van der Waals surface area contributed by atoms with Crippen LogP contribution >= 0.6 is 0 Å². The average Bonchev–Trinajstić information content (AvgIpc) is 3.58. The predicted octanol–water partition coefficient (Wildman–Crippen LogP) is 4.54. The van der Waals surface area contributed by atoms with E-state index in [4.69, 9.17) is 9.47 Å². The average molecular weight is 435 g/mol. The molecule has 1 fully saturated rings. The van der Waals surface area contributed by atoms with Crippen molar-refractivity contribution in [1.29, 1.82) is 0 Å². The van der Waals surface area contributed by atoms with Crippen molar-refractivity contribution in [1.82, 2.24) is 9.97 Å². The van der Waals surface area contributed by atoms with Gasteiger partial charge in [0.25, 0.3) is 0 Å². The summed E-state index contributed by atoms with van der Waals surface area (Å²) in [5, 5.41) is 12.4. The lowest BCUT2D eigenvalue weighted by Gasteiger charge is -2.21. The zero-order valence-corrected chi connectivity index (χ0v) is 16.4. The van der Waals surface area contributed by atoms with E-state index in [-0.39, 0.29) is 28.9 Å². The second-order valence-electron chi connectivity index (χ2n) is 7.34. The summed E-state index contributed by atoms with van der Waals surface area (Å²) < 4.78 is 49.1. The number of alkyl halides is 3. The molecule has 1 saturated carbocycles. The molecule has 31 heavy (non-hydrogen) atoms. The molecule has 2 aliphatic rings. The lowest BCUT2D eigenvalue weighted by molar-refractivity contribution is -0.153. The molecule has 0 unspecified atom stereocenters. The van der Waals surface area contributed by atoms with Crippen LogP contribution in [0, 0.1) is 0 Å². The zero-order valence-electron chi connectivity index (χ0n) is 16.4. The summed E-state index contributed by atoms with van der Waals surface area (Å²) in [5.74, 6) is -1.17. The van der Waals surface area contributed by atoms with Crippen molar-refractivity contribution in [3.63, 3.8) is 0 Å². The number of hydrogen-bond acceptors (Lipinski definition) is 6. The second kappa shape index (κ2) is 8.54. The highest BCUT2D eigenvalue weighted by Gasteiger charge is 2.31. The van der Waals surface area contributed by atoms with Crippen LogP contribution in [0.15, 0.2) is 30.5 Å². The van der Waals surface area contributed by atoms with Gasteiger partial charge in [-0.05, 0) is 30.9 Å². The van der Waals surface area contributed by atoms with E-state index in [1.165, 1.54) is 12.3 Å². The molecular formula is C21H20F3N3O4. The fourth-order valence-electron chi connectivity index (χ4n) is 3.32. The van der Waals surface area contributed by atoms with Crippen molar-refractivity contribution >= 4 is 23.0 Å². The number of anilines is 2. The molecule has 0 amide bonds. The first-order valence-corrected chi connectivity index (χ1v) is 9.79. The summed E-state index contributed by atoms with van der Waals surface area (Å²) in [4.78, 5) is 20.1. The van der Waals surface area contributed by atoms with Gasteiger partial charge < -0.3 is 19.9 Å². The van der Waals surface area contributed by atoms with E-state index in [0.717, 1.165) is 18.4 Å². The van der Waals surface area contributed by atoms with Crippen LogP contribution in [0.1, 0.15) is 46.9 Å². The van der Waals surface area contributed by atoms with Crippen LogP contribution in [-0.2, 0) is 4.74 Å². The fraction of sp³-hybridized carbons (Fsp3) is 0.381. The predicted molar refractivity (Wildman–Crippen MR) is 106 cm³/mol. The van der Waals surface area contributed by atoms with Crippen molar-refractivity contribution in [3.05, 3.63) is 47.4 Å². The molecule has 4 rings (SSSR count). The summed E-state index contributed by atoms with van der Waals surface area (Å²) in [6, 6.07) is 4.83. The molecule has 0 atom stereocenters. The van der Waals surface area contributed by atoms with Gasteiger partial charge in [0.2, 0.25) is 0 Å². The first kappa shape index (κ1) is 21.1. The largest absolute Gasteiger partial charge is 0.481 e. The maximum atomic E-state index is 12.9. The van der Waals surface area contributed by atoms with Crippen molar-refractivity contribution < 1.29 is 32.5 Å². The monoisotopic (exact) mass is 435 g/mol. The Kier molecular flexibility index (Phi) is 5.81. The number of nitrogens with one attached hydrogen (secondary N) is 1. The van der Waals surface area contributed by atoms with Gasteiger partial charge in [-0.2, -0.15) is 13.2 Å². The maximum Gasteiger partial charge on any atom is 0.422 e. The van der Waals surface area contributed by atoms with E-state index in [1.807, 2.05) is 0 Å². The van der Waals surface area contributed by atoms with Crippen LogP contribution in [0.2, 0.25) is 0 Å². The van der Waals surface area contributed by atoms with Crippen molar-refractivity contribution in [2.75, 3.05) is 25.1 Å². The minimum atomic E-state index is -4.54. The van der Waals surface area contributed by atoms with Gasteiger partial charge in [-0.3, -0.25) is 0 Å². The van der Waals surface area contributed by atoms with Gasteiger partial charge in [0.15, 0.2) is 23.9 Å². The minimum absolute atomic E-state index is 0.0302. The number of para-hydroxylation sites is 1. The number of ether oxygens (including phenoxy) is 2. The number of rotatable bonds is 7. The number of benzene rings is 1. The molecule has 2 heterocycles. The topological polar surface area (TPSA) is 93.6 Å². The first-order chi connectivity index (χ1) is 14.8. The number of nitrogens with zero attached hydrogens (tertiary/aromatic N) is 2. The number of carbonyl (C=O) groups is 1. The third-order valence-corrected chi connectivity index (χ3v) is 4.95. The number of carboxylic acid groups (broad SMARTS) is 1. The summed E-state index contributed by atoms with van der Waals surface area (Å²) >= 11 is 0. The fourth-order valence-corrected chi connectivity index (χ4v) is 3.32. The van der Waals surface area contributed by atoms with Crippen LogP contribution in [0.4, 0.5) is 24.7 Å². The normalized spacial score (nSPS) is 16.5. The maximum absolute atomic E-state index is 12.9. The Morgan fingerprint density at radius 1 is 1.32 bits per heavy atom. The lowest BCUT2D eigenvalue weighted by Crippen LogP contribution is -2.20. The van der Waals surface area contributed by atoms with Crippen molar-refractivity contribution in [2.24, 2.45) is 0 Å². The molecule has 164 valence electrons. The summed E-state index contributed by atoms with van der Waals surface area (Å²) in [7, 11) is 0. The van der Waals surface area contributed by atoms with Gasteiger partial charge >= 0.3 is 12.1 Å². The second-order valence-corrected chi connectivity index (χ2v) is 7.34. The van der Waals surface area contributed by atoms with Gasteiger partial charge in [-0.15, -0.1) is 0 Å². The van der Waals surface area contributed by atoms with E-state index in [1.54, 1.807) is 18.2 Å². The summed E-state index contributed by atoms with van der Waals surface area (Å²) in [6.07, 6.45) is 1.12. The van der Waals surface area contributed by atoms with Crippen LogP contribution in [0.3, 0.4) is 0 Å². The lowest BCUT2D eigenvalue weighted by atomic mass is 9.99. The SMILES string of the molecule is O=C(O)c1nc(C2CC2)cnc1Nc1cccc(C2=CCOCC2)c1OCC(F)(F)F. The number of aromatic nitrogens is 2. The van der Waals surface area contributed by atoms with E-state index < -0.39 is 18.8 Å². The van der Waals surface area contributed by atoms with Crippen molar-refractivity contribution in [3.8, 4) is 5.75 Å². The smallest absolute Gasteiger partial charge is 0.422 e. The van der Waals surface area contributed by atoms with Gasteiger partial charge in [0.05, 0.1) is 30.8 Å². The number of halogens is 3. The molecule has 2 aromatic rings. The molecule has 0 saturated heterocycles. The van der Waals surface area contributed by atoms with E-state index in [2.05, 4.69) is 15.3 Å². The van der Waals surface area contributed by atoms with Gasteiger partial charge in [-0.1, -0.05) is 18.2 Å². The Hall–Kier alpha value is -3.14. The molecule has 0 radical (unpaired) electrons. The Balaban J connectivity index is 1.72. The van der Waals surface area contributed by atoms with E-state index in [9.17, 15) is 23.1 Å². The van der Waals surface area contributed by atoms with Gasteiger partial charge in [0.1, 0.15) is 0 Å². The summed E-state index contributed by atoms with van der Waals surface area (Å²) in [6.45, 7) is -0.691. The quantitative estimate of drug-likeness (QED) is 0.659. The molecule has 10 heteroatoms. The molecule has 1 aliphatic carbocycles. The molecule has 1 aliphatic heterocycles.